The quantitative estimate of drug-likeness (QED) is 0.323. The Balaban J connectivity index is 0.00000259. The van der Waals surface area contributed by atoms with Gasteiger partial charge in [0.15, 0.2) is 5.96 Å². The molecule has 2 N–H and O–H groups in total. The molecule has 33 heavy (non-hydrogen) atoms. The molecule has 2 heterocycles. The molecular formula is C26H35IN4O2. The summed E-state index contributed by atoms with van der Waals surface area (Å²) in [7, 11) is 1.85. The van der Waals surface area contributed by atoms with Gasteiger partial charge in [-0.3, -0.25) is 4.99 Å². The van der Waals surface area contributed by atoms with Gasteiger partial charge >= 0.3 is 0 Å². The number of hydrogen-bond acceptors (Lipinski definition) is 4. The number of ether oxygens (including phenoxy) is 2. The fourth-order valence-corrected chi connectivity index (χ4v) is 5.38. The van der Waals surface area contributed by atoms with Crippen LogP contribution in [-0.4, -0.2) is 44.9 Å². The minimum absolute atomic E-state index is 0. The first kappa shape index (κ1) is 24.1. The van der Waals surface area contributed by atoms with E-state index >= 15 is 0 Å². The van der Waals surface area contributed by atoms with Crippen molar-refractivity contribution in [1.82, 2.24) is 10.6 Å². The average Bonchev–Trinajstić information content (AvgIpc) is 3.29. The van der Waals surface area contributed by atoms with E-state index in [1.165, 1.54) is 29.7 Å². The maximum atomic E-state index is 6.52. The number of anilines is 1. The zero-order valence-electron chi connectivity index (χ0n) is 19.4. The maximum Gasteiger partial charge on any atom is 0.191 e. The Kier molecular flexibility index (Phi) is 8.01. The number of aliphatic imine (C=N–C) groups is 1. The molecule has 2 aromatic rings. The Morgan fingerprint density at radius 3 is 2.58 bits per heavy atom. The highest BCUT2D eigenvalue weighted by Gasteiger charge is 2.43. The lowest BCUT2D eigenvalue weighted by Gasteiger charge is -2.40. The number of benzene rings is 2. The lowest BCUT2D eigenvalue weighted by molar-refractivity contribution is 0.0396. The highest BCUT2D eigenvalue weighted by Crippen LogP contribution is 2.46. The minimum Gasteiger partial charge on any atom is -0.487 e. The van der Waals surface area contributed by atoms with E-state index in [0.717, 1.165) is 63.8 Å². The zero-order valence-corrected chi connectivity index (χ0v) is 21.7. The molecule has 2 aliphatic heterocycles. The van der Waals surface area contributed by atoms with E-state index in [9.17, 15) is 0 Å². The van der Waals surface area contributed by atoms with Crippen molar-refractivity contribution in [1.29, 1.82) is 0 Å². The van der Waals surface area contributed by atoms with Crippen molar-refractivity contribution in [3.63, 3.8) is 0 Å². The molecule has 1 saturated heterocycles. The van der Waals surface area contributed by atoms with Gasteiger partial charge < -0.3 is 25.0 Å². The summed E-state index contributed by atoms with van der Waals surface area (Å²) in [5.74, 6) is 1.85. The van der Waals surface area contributed by atoms with Gasteiger partial charge in [0.1, 0.15) is 11.4 Å². The normalized spacial score (nSPS) is 21.7. The average molecular weight is 562 g/mol. The van der Waals surface area contributed by atoms with Gasteiger partial charge in [0.25, 0.3) is 0 Å². The number of fused-ring (bicyclic) bond motifs is 1. The third-order valence-electron chi connectivity index (χ3n) is 7.04. The highest BCUT2D eigenvalue weighted by molar-refractivity contribution is 14.0. The molecule has 1 unspecified atom stereocenters. The van der Waals surface area contributed by atoms with Crippen molar-refractivity contribution in [3.05, 3.63) is 59.7 Å². The molecular weight excluding hydrogens is 527 g/mol. The largest absolute Gasteiger partial charge is 0.487 e. The maximum absolute atomic E-state index is 6.52. The van der Waals surface area contributed by atoms with Gasteiger partial charge in [-0.25, -0.2) is 0 Å². The second-order valence-corrected chi connectivity index (χ2v) is 9.08. The zero-order chi connectivity index (χ0) is 21.8. The Bertz CT molecular complexity index is 955. The van der Waals surface area contributed by atoms with Gasteiger partial charge in [0, 0.05) is 44.4 Å². The lowest BCUT2D eigenvalue weighted by atomic mass is 9.86. The third kappa shape index (κ3) is 5.40. The van der Waals surface area contributed by atoms with E-state index in [2.05, 4.69) is 69.1 Å². The number of hydrogen-bond donors (Lipinski definition) is 2. The number of nitrogens with zero attached hydrogens (tertiary/aromatic N) is 2. The van der Waals surface area contributed by atoms with Crippen LogP contribution in [0.1, 0.15) is 49.3 Å². The summed E-state index contributed by atoms with van der Waals surface area (Å²) in [6.45, 7) is 4.17. The van der Waals surface area contributed by atoms with Gasteiger partial charge in [-0.15, -0.1) is 24.0 Å². The van der Waals surface area contributed by atoms with Crippen LogP contribution in [0.3, 0.4) is 0 Å². The second kappa shape index (κ2) is 11.0. The van der Waals surface area contributed by atoms with Gasteiger partial charge in [-0.2, -0.15) is 0 Å². The lowest BCUT2D eigenvalue weighted by Crippen LogP contribution is -2.46. The Morgan fingerprint density at radius 2 is 1.79 bits per heavy atom. The van der Waals surface area contributed by atoms with Crippen LogP contribution in [0.2, 0.25) is 0 Å². The summed E-state index contributed by atoms with van der Waals surface area (Å²) in [5.41, 5.74) is 3.74. The molecule has 2 fully saturated rings. The number of guanidine groups is 1. The fraction of sp³-hybridized carbons (Fsp3) is 0.500. The van der Waals surface area contributed by atoms with Gasteiger partial charge in [0.05, 0.1) is 19.3 Å². The summed E-state index contributed by atoms with van der Waals surface area (Å²) < 4.78 is 12.1. The van der Waals surface area contributed by atoms with Gasteiger partial charge in [-0.1, -0.05) is 36.4 Å². The van der Waals surface area contributed by atoms with E-state index in [0.29, 0.717) is 0 Å². The van der Waals surface area contributed by atoms with Gasteiger partial charge in [0.2, 0.25) is 0 Å². The molecule has 0 radical (unpaired) electrons. The molecule has 0 aromatic heterocycles. The molecule has 6 nitrogen and oxygen atoms in total. The Hall–Kier alpha value is -2.00. The Morgan fingerprint density at radius 1 is 1.06 bits per heavy atom. The van der Waals surface area contributed by atoms with Crippen molar-refractivity contribution >= 4 is 35.6 Å². The van der Waals surface area contributed by atoms with Crippen molar-refractivity contribution in [2.75, 3.05) is 38.3 Å². The molecule has 1 atom stereocenters. The molecule has 0 amide bonds. The van der Waals surface area contributed by atoms with E-state index < -0.39 is 0 Å². The summed E-state index contributed by atoms with van der Waals surface area (Å²) in [4.78, 5) is 6.96. The van der Waals surface area contributed by atoms with Crippen LogP contribution >= 0.6 is 24.0 Å². The summed E-state index contributed by atoms with van der Waals surface area (Å²) in [6.07, 6.45) is 5.76. The van der Waals surface area contributed by atoms with Gasteiger partial charge in [-0.05, 0) is 43.4 Å². The predicted molar refractivity (Wildman–Crippen MR) is 144 cm³/mol. The number of morpholine rings is 1. The first-order valence-electron chi connectivity index (χ1n) is 11.9. The smallest absolute Gasteiger partial charge is 0.191 e. The molecule has 1 aliphatic carbocycles. The van der Waals surface area contributed by atoms with Crippen molar-refractivity contribution in [2.45, 2.75) is 50.3 Å². The third-order valence-corrected chi connectivity index (χ3v) is 7.04. The van der Waals surface area contributed by atoms with E-state index in [1.807, 2.05) is 7.05 Å². The van der Waals surface area contributed by atoms with E-state index in [1.54, 1.807) is 0 Å². The molecule has 3 aliphatic rings. The standard InChI is InChI=1S/C26H34N4O2.HI/c1-27-25(28-19-20-8-2-4-10-23(20)30-14-16-31-17-15-30)29-22-18-26(12-6-7-13-26)32-24-11-5-3-9-21(22)24;/h2-5,8-11,22H,6-7,12-19H2,1H3,(H2,27,28,29);1H. The van der Waals surface area contributed by atoms with Crippen LogP contribution in [-0.2, 0) is 11.3 Å². The predicted octanol–water partition coefficient (Wildman–Crippen LogP) is 4.64. The molecule has 1 spiro atoms. The molecule has 2 aromatic carbocycles. The second-order valence-electron chi connectivity index (χ2n) is 9.08. The first-order valence-corrected chi connectivity index (χ1v) is 11.9. The summed E-state index contributed by atoms with van der Waals surface area (Å²) >= 11 is 0. The van der Waals surface area contributed by atoms with Crippen molar-refractivity contribution in [3.8, 4) is 5.75 Å². The number of para-hydroxylation sites is 2. The van der Waals surface area contributed by atoms with Crippen LogP contribution in [0.25, 0.3) is 0 Å². The van der Waals surface area contributed by atoms with E-state index in [-0.39, 0.29) is 35.6 Å². The number of rotatable bonds is 4. The molecule has 1 saturated carbocycles. The molecule has 178 valence electrons. The van der Waals surface area contributed by atoms with Crippen LogP contribution < -0.4 is 20.3 Å². The number of halogens is 1. The van der Waals surface area contributed by atoms with E-state index in [4.69, 9.17) is 9.47 Å². The highest BCUT2D eigenvalue weighted by atomic mass is 127. The van der Waals surface area contributed by atoms with Crippen LogP contribution in [0.15, 0.2) is 53.5 Å². The topological polar surface area (TPSA) is 58.1 Å². The fourth-order valence-electron chi connectivity index (χ4n) is 5.38. The van der Waals surface area contributed by atoms with Crippen LogP contribution in [0.5, 0.6) is 5.75 Å². The summed E-state index contributed by atoms with van der Waals surface area (Å²) in [5, 5.41) is 7.27. The SMILES string of the molecule is CN=C(NCc1ccccc1N1CCOCC1)NC1CC2(CCCC2)Oc2ccccc21.I. The van der Waals surface area contributed by atoms with Crippen LogP contribution in [0.4, 0.5) is 5.69 Å². The van der Waals surface area contributed by atoms with Crippen molar-refractivity contribution in [2.24, 2.45) is 4.99 Å². The molecule has 5 rings (SSSR count). The molecule has 0 bridgehead atoms. The minimum atomic E-state index is -0.0339. The van der Waals surface area contributed by atoms with Crippen molar-refractivity contribution < 1.29 is 9.47 Å². The number of nitrogens with one attached hydrogen (secondary N) is 2. The Labute approximate surface area is 214 Å². The molecule has 7 heteroatoms. The summed E-state index contributed by atoms with van der Waals surface area (Å²) in [6, 6.07) is 17.3. The van der Waals surface area contributed by atoms with Crippen LogP contribution in [0, 0.1) is 0 Å². The monoisotopic (exact) mass is 562 g/mol. The first-order chi connectivity index (χ1) is 15.8.